The smallest absolute Gasteiger partial charge is 0.328 e. The molecule has 1 atom stereocenters. The number of carbonyl (C=O) groups is 2. The molecular weight excluding hydrogens is 254 g/mol. The Kier molecular flexibility index (Phi) is 6.10. The van der Waals surface area contributed by atoms with Crippen LogP contribution >= 0.6 is 11.3 Å². The number of carbonyl (C=O) groups excluding carboxylic acids is 1. The minimum absolute atomic E-state index is 0.0727. The SMILES string of the molecule is C=CCOCC(NC(=O)Cc1ccsc1)C(=O)O. The third-order valence-electron chi connectivity index (χ3n) is 2.10. The standard InChI is InChI=1S/C12H15NO4S/c1-2-4-17-7-10(12(15)16)13-11(14)6-9-3-5-18-8-9/h2-3,5,8,10H,1,4,6-7H2,(H,13,14)(H,15,16). The first kappa shape index (κ1) is 14.4. The summed E-state index contributed by atoms with van der Waals surface area (Å²) in [5.41, 5.74) is 0.869. The highest BCUT2D eigenvalue weighted by Gasteiger charge is 2.19. The van der Waals surface area contributed by atoms with E-state index in [0.717, 1.165) is 5.56 Å². The van der Waals surface area contributed by atoms with Crippen LogP contribution in [0.5, 0.6) is 0 Å². The summed E-state index contributed by atoms with van der Waals surface area (Å²) in [4.78, 5) is 22.5. The summed E-state index contributed by atoms with van der Waals surface area (Å²) in [5.74, 6) is -1.44. The molecule has 1 amide bonds. The van der Waals surface area contributed by atoms with Gasteiger partial charge in [0.1, 0.15) is 0 Å². The van der Waals surface area contributed by atoms with Gasteiger partial charge in [0.15, 0.2) is 6.04 Å². The van der Waals surface area contributed by atoms with Crippen molar-refractivity contribution in [2.24, 2.45) is 0 Å². The number of rotatable bonds is 8. The fourth-order valence-corrected chi connectivity index (χ4v) is 1.94. The molecule has 1 unspecified atom stereocenters. The van der Waals surface area contributed by atoms with Crippen molar-refractivity contribution in [3.63, 3.8) is 0 Å². The molecule has 5 nitrogen and oxygen atoms in total. The number of hydrogen-bond donors (Lipinski definition) is 2. The molecule has 0 aliphatic heterocycles. The van der Waals surface area contributed by atoms with E-state index in [4.69, 9.17) is 9.84 Å². The second-order valence-corrected chi connectivity index (χ2v) is 4.37. The average molecular weight is 269 g/mol. The van der Waals surface area contributed by atoms with Crippen LogP contribution in [0.3, 0.4) is 0 Å². The van der Waals surface area contributed by atoms with E-state index in [-0.39, 0.29) is 25.5 Å². The van der Waals surface area contributed by atoms with Gasteiger partial charge in [-0.15, -0.1) is 6.58 Å². The summed E-state index contributed by atoms with van der Waals surface area (Å²) in [5, 5.41) is 15.1. The van der Waals surface area contributed by atoms with Crippen LogP contribution in [-0.4, -0.2) is 36.2 Å². The zero-order valence-corrected chi connectivity index (χ0v) is 10.6. The number of carboxylic acids is 1. The maximum absolute atomic E-state index is 11.6. The maximum Gasteiger partial charge on any atom is 0.328 e. The molecule has 0 radical (unpaired) electrons. The second-order valence-electron chi connectivity index (χ2n) is 3.59. The summed E-state index contributed by atoms with van der Waals surface area (Å²) >= 11 is 1.49. The predicted molar refractivity (Wildman–Crippen MR) is 68.6 cm³/mol. The molecule has 1 rings (SSSR count). The van der Waals surface area contributed by atoms with Gasteiger partial charge in [0.25, 0.3) is 0 Å². The highest BCUT2D eigenvalue weighted by atomic mass is 32.1. The highest BCUT2D eigenvalue weighted by molar-refractivity contribution is 7.07. The first-order valence-corrected chi connectivity index (χ1v) is 6.29. The van der Waals surface area contributed by atoms with Gasteiger partial charge >= 0.3 is 5.97 Å². The van der Waals surface area contributed by atoms with Crippen LogP contribution in [0.1, 0.15) is 5.56 Å². The summed E-state index contributed by atoms with van der Waals surface area (Å²) in [6.45, 7) is 3.64. The highest BCUT2D eigenvalue weighted by Crippen LogP contribution is 2.06. The lowest BCUT2D eigenvalue weighted by molar-refractivity contribution is -0.143. The fraction of sp³-hybridized carbons (Fsp3) is 0.333. The van der Waals surface area contributed by atoms with Crippen molar-refractivity contribution in [2.45, 2.75) is 12.5 Å². The maximum atomic E-state index is 11.6. The Morgan fingerprint density at radius 2 is 2.39 bits per heavy atom. The Morgan fingerprint density at radius 3 is 2.94 bits per heavy atom. The molecule has 0 saturated heterocycles. The van der Waals surface area contributed by atoms with Crippen LogP contribution in [0.15, 0.2) is 29.5 Å². The average Bonchev–Trinajstić information content (AvgIpc) is 2.80. The predicted octanol–water partition coefficient (Wildman–Crippen LogP) is 1.06. The summed E-state index contributed by atoms with van der Waals surface area (Å²) in [6, 6.07) is 0.796. The molecular formula is C12H15NO4S. The normalized spacial score (nSPS) is 11.8. The van der Waals surface area contributed by atoms with E-state index in [1.54, 1.807) is 0 Å². The molecule has 2 N–H and O–H groups in total. The summed E-state index contributed by atoms with van der Waals surface area (Å²) in [7, 11) is 0. The Hall–Kier alpha value is -1.66. The van der Waals surface area contributed by atoms with E-state index in [1.807, 2.05) is 16.8 Å². The van der Waals surface area contributed by atoms with Crippen molar-refractivity contribution < 1.29 is 19.4 Å². The fourth-order valence-electron chi connectivity index (χ4n) is 1.27. The third-order valence-corrected chi connectivity index (χ3v) is 2.83. The van der Waals surface area contributed by atoms with Crippen molar-refractivity contribution in [1.82, 2.24) is 5.32 Å². The summed E-state index contributed by atoms with van der Waals surface area (Å²) < 4.78 is 5.03. The van der Waals surface area contributed by atoms with E-state index < -0.39 is 12.0 Å². The molecule has 0 bridgehead atoms. The Morgan fingerprint density at radius 1 is 1.61 bits per heavy atom. The number of hydrogen-bond acceptors (Lipinski definition) is 4. The Labute approximate surface area is 109 Å². The van der Waals surface area contributed by atoms with Gasteiger partial charge in [-0.1, -0.05) is 6.08 Å². The Bertz CT molecular complexity index is 402. The van der Waals surface area contributed by atoms with Gasteiger partial charge in [0.2, 0.25) is 5.91 Å². The quantitative estimate of drug-likeness (QED) is 0.546. The van der Waals surface area contributed by atoms with E-state index in [1.165, 1.54) is 17.4 Å². The lowest BCUT2D eigenvalue weighted by atomic mass is 10.2. The number of carboxylic acid groups (broad SMARTS) is 1. The van der Waals surface area contributed by atoms with Crippen molar-refractivity contribution >= 4 is 23.2 Å². The van der Waals surface area contributed by atoms with Gasteiger partial charge in [-0.3, -0.25) is 4.79 Å². The van der Waals surface area contributed by atoms with Crippen LogP contribution in [0, 0.1) is 0 Å². The van der Waals surface area contributed by atoms with E-state index >= 15 is 0 Å². The molecule has 0 aromatic carbocycles. The zero-order chi connectivity index (χ0) is 13.4. The van der Waals surface area contributed by atoms with Crippen LogP contribution < -0.4 is 5.32 Å². The molecule has 1 aromatic heterocycles. The molecule has 0 aliphatic rings. The zero-order valence-electron chi connectivity index (χ0n) is 9.80. The topological polar surface area (TPSA) is 75.6 Å². The van der Waals surface area contributed by atoms with Crippen molar-refractivity contribution in [3.8, 4) is 0 Å². The number of amides is 1. The third kappa shape index (κ3) is 5.11. The molecule has 0 aliphatic carbocycles. The molecule has 0 fully saturated rings. The van der Waals surface area contributed by atoms with Crippen molar-refractivity contribution in [2.75, 3.05) is 13.2 Å². The lowest BCUT2D eigenvalue weighted by Gasteiger charge is -2.14. The van der Waals surface area contributed by atoms with Crippen LogP contribution in [0.25, 0.3) is 0 Å². The molecule has 1 aromatic rings. The van der Waals surface area contributed by atoms with E-state index in [0.29, 0.717) is 0 Å². The van der Waals surface area contributed by atoms with E-state index in [2.05, 4.69) is 11.9 Å². The number of thiophene rings is 1. The second kappa shape index (κ2) is 7.62. The molecule has 98 valence electrons. The van der Waals surface area contributed by atoms with E-state index in [9.17, 15) is 9.59 Å². The van der Waals surface area contributed by atoms with Gasteiger partial charge < -0.3 is 15.2 Å². The first-order valence-electron chi connectivity index (χ1n) is 5.35. The van der Waals surface area contributed by atoms with Crippen molar-refractivity contribution in [1.29, 1.82) is 0 Å². The van der Waals surface area contributed by atoms with Crippen LogP contribution in [0.4, 0.5) is 0 Å². The van der Waals surface area contributed by atoms with Gasteiger partial charge in [-0.25, -0.2) is 4.79 Å². The molecule has 0 spiro atoms. The molecule has 1 heterocycles. The number of ether oxygens (including phenoxy) is 1. The Balaban J connectivity index is 2.42. The van der Waals surface area contributed by atoms with Crippen molar-refractivity contribution in [3.05, 3.63) is 35.0 Å². The molecule has 0 saturated carbocycles. The van der Waals surface area contributed by atoms with Crippen LogP contribution in [-0.2, 0) is 20.7 Å². The van der Waals surface area contributed by atoms with Gasteiger partial charge in [-0.05, 0) is 22.4 Å². The minimum atomic E-state index is -1.11. The minimum Gasteiger partial charge on any atom is -0.480 e. The molecule has 18 heavy (non-hydrogen) atoms. The number of aliphatic carboxylic acids is 1. The van der Waals surface area contributed by atoms with Crippen LogP contribution in [0.2, 0.25) is 0 Å². The van der Waals surface area contributed by atoms with Gasteiger partial charge in [0, 0.05) is 0 Å². The monoisotopic (exact) mass is 269 g/mol. The first-order chi connectivity index (χ1) is 8.63. The largest absolute Gasteiger partial charge is 0.480 e. The lowest BCUT2D eigenvalue weighted by Crippen LogP contribution is -2.44. The van der Waals surface area contributed by atoms with Gasteiger partial charge in [0.05, 0.1) is 19.6 Å². The van der Waals surface area contributed by atoms with Gasteiger partial charge in [-0.2, -0.15) is 11.3 Å². The molecule has 6 heteroatoms. The summed E-state index contributed by atoms with van der Waals surface area (Å²) in [6.07, 6.45) is 1.70. The number of nitrogens with one attached hydrogen (secondary N) is 1.